The van der Waals surface area contributed by atoms with Crippen molar-refractivity contribution in [2.45, 2.75) is 186 Å². The van der Waals surface area contributed by atoms with Crippen molar-refractivity contribution in [3.63, 3.8) is 0 Å². The van der Waals surface area contributed by atoms with E-state index in [1.54, 1.807) is 33.0 Å². The van der Waals surface area contributed by atoms with E-state index in [9.17, 15) is 19.5 Å². The van der Waals surface area contributed by atoms with Gasteiger partial charge in [0.05, 0.1) is 48.5 Å². The van der Waals surface area contributed by atoms with Crippen LogP contribution in [-0.4, -0.2) is 164 Å². The van der Waals surface area contributed by atoms with Crippen molar-refractivity contribution >= 4 is 23.7 Å². The first-order valence-electron chi connectivity index (χ1n) is 21.5. The number of hydrogen-bond acceptors (Lipinski definition) is 15. The summed E-state index contributed by atoms with van der Waals surface area (Å²) in [4.78, 5) is 49.3. The zero-order chi connectivity index (χ0) is 43.9. The molecule has 16 nitrogen and oxygen atoms in total. The summed E-state index contributed by atoms with van der Waals surface area (Å²) < 4.78 is 57.7. The van der Waals surface area contributed by atoms with Gasteiger partial charge in [-0.1, -0.05) is 27.7 Å². The third-order valence-electron chi connectivity index (χ3n) is 14.0. The van der Waals surface area contributed by atoms with Crippen molar-refractivity contribution in [3.05, 3.63) is 0 Å². The van der Waals surface area contributed by atoms with E-state index in [1.807, 2.05) is 60.5 Å². The van der Waals surface area contributed by atoms with E-state index in [2.05, 4.69) is 13.8 Å². The number of carbonyl (C=O) groups is 3. The molecule has 18 atom stereocenters. The van der Waals surface area contributed by atoms with Crippen LogP contribution >= 0.6 is 0 Å². The minimum Gasteiger partial charge on any atom is -0.458 e. The molecule has 0 saturated carbocycles. The van der Waals surface area contributed by atoms with Gasteiger partial charge in [-0.15, -0.1) is 0 Å². The Kier molecular flexibility index (Phi) is 14.9. The van der Waals surface area contributed by atoms with Gasteiger partial charge >= 0.3 is 18.0 Å². The number of aliphatic hydroxyl groups is 1. The first kappa shape index (κ1) is 47.6. The van der Waals surface area contributed by atoms with Crippen molar-refractivity contribution in [1.29, 1.82) is 0 Å². The Morgan fingerprint density at radius 2 is 1.59 bits per heavy atom. The third-order valence-corrected chi connectivity index (χ3v) is 14.0. The summed E-state index contributed by atoms with van der Waals surface area (Å²) in [7, 11) is 7.02. The number of likely N-dealkylation sites (N-methyl/N-ethyl adjacent to an activating group) is 1. The van der Waals surface area contributed by atoms with E-state index in [1.165, 1.54) is 6.92 Å². The number of hydrogen-bond donors (Lipinski definition) is 1. The molecule has 0 aromatic rings. The van der Waals surface area contributed by atoms with Crippen LogP contribution in [0, 0.1) is 23.7 Å². The van der Waals surface area contributed by atoms with Crippen LogP contribution in [0.25, 0.3) is 0 Å². The lowest BCUT2D eigenvalue weighted by Crippen LogP contribution is -2.62. The number of cyclic esters (lactones) is 1. The van der Waals surface area contributed by atoms with Crippen molar-refractivity contribution in [3.8, 4) is 0 Å². The maximum Gasteiger partial charge on any atom is 0.410 e. The normalized spacial score (nSPS) is 46.2. The minimum absolute atomic E-state index is 0.161. The Bertz CT molecular complexity index is 1530. The number of aliphatic hydroxyl groups excluding tert-OH is 1. The molecule has 0 aromatic carbocycles. The molecule has 0 aromatic heterocycles. The van der Waals surface area contributed by atoms with Gasteiger partial charge in [-0.25, -0.2) is 4.79 Å². The Labute approximate surface area is 351 Å². The smallest absolute Gasteiger partial charge is 0.410 e. The van der Waals surface area contributed by atoms with Crippen LogP contribution in [0.1, 0.15) is 102 Å². The number of fused-ring (bicyclic) bond motifs is 1. The van der Waals surface area contributed by atoms with Crippen LogP contribution in [0.5, 0.6) is 0 Å². The number of aliphatic imine (C=N–C) groups is 1. The van der Waals surface area contributed by atoms with E-state index in [0.717, 1.165) is 5.71 Å². The van der Waals surface area contributed by atoms with Gasteiger partial charge in [-0.3, -0.25) is 19.5 Å². The number of nitrogens with zero attached hydrogens (tertiary/aromatic N) is 3. The van der Waals surface area contributed by atoms with Gasteiger partial charge in [0.1, 0.15) is 17.8 Å². The predicted octanol–water partition coefficient (Wildman–Crippen LogP) is 4.36. The summed E-state index contributed by atoms with van der Waals surface area (Å²) in [5.41, 5.74) is -2.37. The average Bonchev–Trinajstić information content (AvgIpc) is 3.29. The second-order valence-electron chi connectivity index (χ2n) is 18.6. The summed E-state index contributed by atoms with van der Waals surface area (Å²) in [6.07, 6.45) is -6.07. The molecule has 338 valence electrons. The lowest BCUT2D eigenvalue weighted by molar-refractivity contribution is -0.319. The van der Waals surface area contributed by atoms with E-state index < -0.39 is 102 Å². The highest BCUT2D eigenvalue weighted by Crippen LogP contribution is 2.45. The number of ether oxygens (including phenoxy) is 9. The summed E-state index contributed by atoms with van der Waals surface area (Å²) in [6.45, 7) is 21.3. The van der Waals surface area contributed by atoms with Gasteiger partial charge in [-0.2, -0.15) is 0 Å². The molecule has 5 rings (SSSR count). The standard InChI is InChI=1S/C43H73N3O13/c1-16-30-43(11)35-24(4)32(44-17-18-46(35)40(50)59-43)22(2)20-41(9,51-14)36(58-39-33(48)29(45(12)13)19-23(3)53-39)25(5)34(26(6)38(49)56-30)57-31-21-42(10,52-15)37(27(7)54-31)55-28(8)47/h22-27,29-31,33-37,39,48H,16-21H2,1-15H3/t22-,23-,24+,25+,26-,27+,29+,30-,31+,33-,34+,35-,36-,37+,39+,41-,42-,43-/m1/s1. The van der Waals surface area contributed by atoms with Gasteiger partial charge < -0.3 is 52.6 Å². The molecular formula is C43H73N3O13. The van der Waals surface area contributed by atoms with Crippen molar-refractivity contribution in [2.24, 2.45) is 28.7 Å². The molecule has 0 aliphatic carbocycles. The molecule has 4 fully saturated rings. The quantitative estimate of drug-likeness (QED) is 0.256. The topological polar surface area (TPSA) is 173 Å². The minimum atomic E-state index is -1.18. The van der Waals surface area contributed by atoms with Crippen LogP contribution in [0.2, 0.25) is 0 Å². The summed E-state index contributed by atoms with van der Waals surface area (Å²) in [6, 6.07) is -0.716. The highest BCUT2D eigenvalue weighted by Gasteiger charge is 2.61. The second-order valence-corrected chi connectivity index (χ2v) is 18.6. The average molecular weight is 840 g/mol. The largest absolute Gasteiger partial charge is 0.458 e. The fraction of sp³-hybridized carbons (Fsp3) is 0.907. The highest BCUT2D eigenvalue weighted by molar-refractivity contribution is 5.91. The first-order valence-corrected chi connectivity index (χ1v) is 21.5. The number of carbonyl (C=O) groups excluding carboxylic acids is 3. The molecule has 1 N–H and O–H groups in total. The molecular weight excluding hydrogens is 766 g/mol. The van der Waals surface area contributed by atoms with Crippen LogP contribution in [0.4, 0.5) is 4.79 Å². The van der Waals surface area contributed by atoms with Gasteiger partial charge in [-0.05, 0) is 80.8 Å². The van der Waals surface area contributed by atoms with Gasteiger partial charge in [0.15, 0.2) is 24.3 Å². The molecule has 0 unspecified atom stereocenters. The summed E-state index contributed by atoms with van der Waals surface area (Å²) in [5, 5.41) is 11.8. The summed E-state index contributed by atoms with van der Waals surface area (Å²) >= 11 is 0. The fourth-order valence-electron chi connectivity index (χ4n) is 10.8. The molecule has 16 heteroatoms. The number of esters is 2. The molecule has 59 heavy (non-hydrogen) atoms. The van der Waals surface area contributed by atoms with Gasteiger partial charge in [0.2, 0.25) is 0 Å². The monoisotopic (exact) mass is 840 g/mol. The molecule has 0 radical (unpaired) electrons. The SMILES string of the molecule is CC[C@H]1OC(=O)[C@H](C)[C@@H](O[C@H]2C[C@@](C)(OC)[C@@H](OC(C)=O)[C@H](C)O2)[C@H](C)[C@@H](O[C@@H]2O[C@H](C)C[C@H](N(C)C)[C@H]2O)[C@](C)(OC)C[C@@H](C)C2=NCCN3C(=O)O[C@@]1(C)[C@H]3[C@H]2C. The van der Waals surface area contributed by atoms with E-state index in [4.69, 9.17) is 47.6 Å². The summed E-state index contributed by atoms with van der Waals surface area (Å²) in [5.74, 6) is -3.03. The van der Waals surface area contributed by atoms with Gasteiger partial charge in [0, 0.05) is 57.7 Å². The maximum atomic E-state index is 14.7. The zero-order valence-electron chi connectivity index (χ0n) is 38.1. The number of amides is 1. The molecule has 5 heterocycles. The number of rotatable bonds is 9. The fourth-order valence-corrected chi connectivity index (χ4v) is 10.8. The van der Waals surface area contributed by atoms with Crippen LogP contribution in [0.15, 0.2) is 4.99 Å². The second kappa shape index (κ2) is 18.5. The Morgan fingerprint density at radius 3 is 2.19 bits per heavy atom. The maximum absolute atomic E-state index is 14.7. The first-order chi connectivity index (χ1) is 27.5. The molecule has 2 bridgehead atoms. The zero-order valence-corrected chi connectivity index (χ0v) is 38.1. The predicted molar refractivity (Wildman–Crippen MR) is 217 cm³/mol. The Hall–Kier alpha value is -2.44. The van der Waals surface area contributed by atoms with E-state index in [-0.39, 0.29) is 30.4 Å². The molecule has 5 aliphatic rings. The Balaban J connectivity index is 1.65. The molecule has 5 aliphatic heterocycles. The molecule has 0 spiro atoms. The highest BCUT2D eigenvalue weighted by atomic mass is 16.7. The molecule has 4 saturated heterocycles. The van der Waals surface area contributed by atoms with Crippen molar-refractivity contribution < 1.29 is 62.1 Å². The van der Waals surface area contributed by atoms with Crippen molar-refractivity contribution in [1.82, 2.24) is 9.80 Å². The van der Waals surface area contributed by atoms with Crippen LogP contribution in [-0.2, 0) is 52.2 Å². The lowest BCUT2D eigenvalue weighted by Gasteiger charge is -2.50. The van der Waals surface area contributed by atoms with Crippen molar-refractivity contribution in [2.75, 3.05) is 41.4 Å². The Morgan fingerprint density at radius 1 is 0.949 bits per heavy atom. The van der Waals surface area contributed by atoms with E-state index in [0.29, 0.717) is 32.4 Å². The number of methoxy groups -OCH3 is 2. The van der Waals surface area contributed by atoms with Gasteiger partial charge in [0.25, 0.3) is 0 Å². The lowest BCUT2D eigenvalue weighted by atomic mass is 9.72. The van der Waals surface area contributed by atoms with Crippen LogP contribution < -0.4 is 0 Å². The molecule has 1 amide bonds. The van der Waals surface area contributed by atoms with E-state index >= 15 is 0 Å². The van der Waals surface area contributed by atoms with Crippen LogP contribution in [0.3, 0.4) is 0 Å². The third kappa shape index (κ3) is 9.35.